The lowest BCUT2D eigenvalue weighted by atomic mass is 10.0. The molecule has 1 aromatic carbocycles. The monoisotopic (exact) mass is 289 g/mol. The first-order chi connectivity index (χ1) is 9.70. The summed E-state index contributed by atoms with van der Waals surface area (Å²) in [4.78, 5) is 12.1. The number of benzene rings is 1. The first kappa shape index (κ1) is 15.0. The smallest absolute Gasteiger partial charge is 0.251 e. The highest BCUT2D eigenvalue weighted by Gasteiger charge is 2.16. The van der Waals surface area contributed by atoms with E-state index in [4.69, 9.17) is 5.11 Å². The highest BCUT2D eigenvalue weighted by Crippen LogP contribution is 2.25. The Balaban J connectivity index is 1.97. The number of hydrogen-bond acceptors (Lipinski definition) is 3. The summed E-state index contributed by atoms with van der Waals surface area (Å²) in [6, 6.07) is 5.46. The summed E-state index contributed by atoms with van der Waals surface area (Å²) in [5, 5.41) is 12.3. The molecule has 0 spiro atoms. The van der Waals surface area contributed by atoms with Gasteiger partial charge in [-0.05, 0) is 49.3 Å². The zero-order valence-corrected chi connectivity index (χ0v) is 12.4. The van der Waals surface area contributed by atoms with Crippen LogP contribution in [0.5, 0.6) is 0 Å². The molecule has 1 aromatic rings. The molecule has 1 aliphatic rings. The Morgan fingerprint density at radius 3 is 3.05 bits per heavy atom. The Hall–Kier alpha value is -1.44. The van der Waals surface area contributed by atoms with E-state index in [0.717, 1.165) is 17.7 Å². The molecule has 2 rings (SSSR count). The molecule has 1 heterocycles. The van der Waals surface area contributed by atoms with E-state index in [1.807, 2.05) is 30.8 Å². The molecule has 1 atom stereocenters. The average Bonchev–Trinajstić information content (AvgIpc) is 2.96. The van der Waals surface area contributed by atoms with Gasteiger partial charge in [-0.25, -0.2) is 0 Å². The van der Waals surface area contributed by atoms with E-state index in [1.165, 1.54) is 18.6 Å². The molecule has 2 N–H and O–H groups in total. The maximum absolute atomic E-state index is 12.1. The van der Waals surface area contributed by atoms with Gasteiger partial charge < -0.3 is 10.4 Å². The van der Waals surface area contributed by atoms with Crippen LogP contribution in [0.25, 0.3) is 0 Å². The topological polar surface area (TPSA) is 49.3 Å². The standard InChI is InChI=1S/C16H19NO2S/c1-12-10-14(7-6-13(12)4-2-8-18)16(19)17-11-15-5-3-9-20-15/h6-7,10,15,18H,3,5,8-9,11H2,1H3,(H,17,19). The van der Waals surface area contributed by atoms with Gasteiger partial charge in [-0.3, -0.25) is 4.79 Å². The van der Waals surface area contributed by atoms with Gasteiger partial charge >= 0.3 is 0 Å². The van der Waals surface area contributed by atoms with Gasteiger partial charge in [-0.15, -0.1) is 0 Å². The Morgan fingerprint density at radius 2 is 2.40 bits per heavy atom. The molecule has 4 heteroatoms. The van der Waals surface area contributed by atoms with Crippen LogP contribution >= 0.6 is 11.8 Å². The molecule has 1 amide bonds. The van der Waals surface area contributed by atoms with Crippen LogP contribution in [0.4, 0.5) is 0 Å². The maximum atomic E-state index is 12.1. The van der Waals surface area contributed by atoms with Crippen LogP contribution in [0.1, 0.15) is 34.3 Å². The van der Waals surface area contributed by atoms with E-state index < -0.39 is 0 Å². The van der Waals surface area contributed by atoms with Crippen LogP contribution in [0.2, 0.25) is 0 Å². The molecule has 20 heavy (non-hydrogen) atoms. The summed E-state index contributed by atoms with van der Waals surface area (Å²) >= 11 is 1.94. The van der Waals surface area contributed by atoms with E-state index >= 15 is 0 Å². The van der Waals surface area contributed by atoms with Gasteiger partial charge in [0, 0.05) is 22.9 Å². The van der Waals surface area contributed by atoms with Crippen LogP contribution < -0.4 is 5.32 Å². The van der Waals surface area contributed by atoms with Crippen molar-refractivity contribution in [3.63, 3.8) is 0 Å². The highest BCUT2D eigenvalue weighted by atomic mass is 32.2. The number of nitrogens with one attached hydrogen (secondary N) is 1. The number of thioether (sulfide) groups is 1. The molecule has 1 unspecified atom stereocenters. The van der Waals surface area contributed by atoms with Gasteiger partial charge in [-0.2, -0.15) is 11.8 Å². The summed E-state index contributed by atoms with van der Waals surface area (Å²) in [5.41, 5.74) is 2.47. The minimum absolute atomic E-state index is 0.0257. The lowest BCUT2D eigenvalue weighted by Gasteiger charge is -2.10. The second-order valence-corrected chi connectivity index (χ2v) is 6.24. The van der Waals surface area contributed by atoms with Crippen molar-refractivity contribution in [2.24, 2.45) is 0 Å². The average molecular weight is 289 g/mol. The molecule has 0 saturated carbocycles. The first-order valence-corrected chi connectivity index (χ1v) is 7.86. The van der Waals surface area contributed by atoms with Gasteiger partial charge in [0.15, 0.2) is 0 Å². The molecule has 1 fully saturated rings. The van der Waals surface area contributed by atoms with Crippen molar-refractivity contribution in [2.45, 2.75) is 25.0 Å². The number of hydrogen-bond donors (Lipinski definition) is 2. The van der Waals surface area contributed by atoms with E-state index in [0.29, 0.717) is 10.8 Å². The van der Waals surface area contributed by atoms with Crippen molar-refractivity contribution in [2.75, 3.05) is 18.9 Å². The van der Waals surface area contributed by atoms with Crippen LogP contribution in [-0.2, 0) is 0 Å². The van der Waals surface area contributed by atoms with Crippen molar-refractivity contribution in [1.82, 2.24) is 5.32 Å². The molecule has 0 aromatic heterocycles. The molecule has 3 nitrogen and oxygen atoms in total. The summed E-state index contributed by atoms with van der Waals surface area (Å²) in [7, 11) is 0. The molecule has 0 radical (unpaired) electrons. The Labute approximate surface area is 124 Å². The Kier molecular flexibility index (Phi) is 5.51. The third-order valence-corrected chi connectivity index (χ3v) is 4.70. The SMILES string of the molecule is Cc1cc(C(=O)NCC2CCCS2)ccc1C#CCO. The highest BCUT2D eigenvalue weighted by molar-refractivity contribution is 8.00. The van der Waals surface area contributed by atoms with Gasteiger partial charge in [0.25, 0.3) is 5.91 Å². The predicted octanol–water partition coefficient (Wildman–Crippen LogP) is 1.96. The molecule has 0 aliphatic carbocycles. The number of rotatable bonds is 3. The molecule has 1 aliphatic heterocycles. The van der Waals surface area contributed by atoms with Gasteiger partial charge in [0.05, 0.1) is 0 Å². The van der Waals surface area contributed by atoms with Crippen molar-refractivity contribution in [3.8, 4) is 11.8 Å². The summed E-state index contributed by atoms with van der Waals surface area (Å²) < 4.78 is 0. The van der Waals surface area contributed by atoms with Crippen LogP contribution in [-0.4, -0.2) is 35.2 Å². The van der Waals surface area contributed by atoms with Crippen LogP contribution in [0.3, 0.4) is 0 Å². The van der Waals surface area contributed by atoms with E-state index in [-0.39, 0.29) is 12.5 Å². The third-order valence-electron chi connectivity index (χ3n) is 3.30. The molecular formula is C16H19NO2S. The predicted molar refractivity (Wildman–Crippen MR) is 83.0 cm³/mol. The number of carbonyl (C=O) groups excluding carboxylic acids is 1. The van der Waals surface area contributed by atoms with Crippen LogP contribution in [0, 0.1) is 18.8 Å². The normalized spacial score (nSPS) is 17.4. The minimum Gasteiger partial charge on any atom is -0.384 e. The number of aliphatic hydroxyl groups excluding tert-OH is 1. The van der Waals surface area contributed by atoms with Crippen molar-refractivity contribution in [3.05, 3.63) is 34.9 Å². The molecular weight excluding hydrogens is 270 g/mol. The molecule has 1 saturated heterocycles. The van der Waals surface area contributed by atoms with Crippen molar-refractivity contribution < 1.29 is 9.90 Å². The number of amides is 1. The largest absolute Gasteiger partial charge is 0.384 e. The lowest BCUT2D eigenvalue weighted by Crippen LogP contribution is -2.29. The maximum Gasteiger partial charge on any atom is 0.251 e. The number of aliphatic hydroxyl groups is 1. The second-order valence-electron chi connectivity index (χ2n) is 4.83. The second kappa shape index (κ2) is 7.37. The zero-order valence-electron chi connectivity index (χ0n) is 11.6. The van der Waals surface area contributed by atoms with E-state index in [2.05, 4.69) is 17.2 Å². The van der Waals surface area contributed by atoms with Gasteiger partial charge in [0.1, 0.15) is 6.61 Å². The molecule has 0 bridgehead atoms. The van der Waals surface area contributed by atoms with Gasteiger partial charge in [0.2, 0.25) is 0 Å². The summed E-state index contributed by atoms with van der Waals surface area (Å²) in [6.45, 7) is 2.51. The fourth-order valence-corrected chi connectivity index (χ4v) is 3.40. The first-order valence-electron chi connectivity index (χ1n) is 6.81. The summed E-state index contributed by atoms with van der Waals surface area (Å²) in [6.07, 6.45) is 2.45. The van der Waals surface area contributed by atoms with E-state index in [1.54, 1.807) is 6.07 Å². The van der Waals surface area contributed by atoms with Crippen molar-refractivity contribution >= 4 is 17.7 Å². The third kappa shape index (κ3) is 4.03. The quantitative estimate of drug-likeness (QED) is 0.836. The Bertz CT molecular complexity index is 539. The Morgan fingerprint density at radius 1 is 1.55 bits per heavy atom. The van der Waals surface area contributed by atoms with Crippen molar-refractivity contribution in [1.29, 1.82) is 0 Å². The minimum atomic E-state index is -0.152. The fourth-order valence-electron chi connectivity index (χ4n) is 2.19. The number of aryl methyl sites for hydroxylation is 1. The fraction of sp³-hybridized carbons (Fsp3) is 0.438. The van der Waals surface area contributed by atoms with Gasteiger partial charge in [-0.1, -0.05) is 11.8 Å². The van der Waals surface area contributed by atoms with E-state index in [9.17, 15) is 4.79 Å². The summed E-state index contributed by atoms with van der Waals surface area (Å²) in [5.74, 6) is 6.67. The molecule has 106 valence electrons. The van der Waals surface area contributed by atoms with Crippen LogP contribution in [0.15, 0.2) is 18.2 Å². The lowest BCUT2D eigenvalue weighted by molar-refractivity contribution is 0.0953. The zero-order chi connectivity index (χ0) is 14.4. The number of carbonyl (C=O) groups is 1.